The van der Waals surface area contributed by atoms with Gasteiger partial charge in [-0.1, -0.05) is 402 Å². The average Bonchev–Trinajstić information content (AvgIpc) is 0.949. The fourth-order valence-electron chi connectivity index (χ4n) is 13.4. The molecule has 0 saturated heterocycles. The van der Waals surface area contributed by atoms with Gasteiger partial charge in [0.2, 0.25) is 0 Å². The van der Waals surface area contributed by atoms with Crippen LogP contribution < -0.4 is 0 Å². The summed E-state index contributed by atoms with van der Waals surface area (Å²) >= 11 is 0. The van der Waals surface area contributed by atoms with E-state index in [0.717, 1.165) is 108 Å². The number of hydrogen-bond acceptors (Lipinski definition) is 15. The quantitative estimate of drug-likeness (QED) is 0.0222. The van der Waals surface area contributed by atoms with Gasteiger partial charge in [0.15, 0.2) is 12.2 Å². The summed E-state index contributed by atoms with van der Waals surface area (Å²) in [6.45, 7) is 12.0. The number of carbonyl (C=O) groups excluding carboxylic acids is 4. The van der Waals surface area contributed by atoms with Gasteiger partial charge in [-0.3, -0.25) is 37.3 Å². The van der Waals surface area contributed by atoms with Crippen molar-refractivity contribution >= 4 is 39.5 Å². The van der Waals surface area contributed by atoms with Crippen LogP contribution in [0.25, 0.3) is 0 Å². The van der Waals surface area contributed by atoms with E-state index in [1.807, 2.05) is 0 Å². The Labute approximate surface area is 645 Å². The van der Waals surface area contributed by atoms with Gasteiger partial charge in [-0.25, -0.2) is 9.13 Å². The zero-order valence-corrected chi connectivity index (χ0v) is 71.0. The second-order valence-corrected chi connectivity index (χ2v) is 35.3. The van der Waals surface area contributed by atoms with Crippen molar-refractivity contribution in [1.82, 2.24) is 0 Å². The molecule has 17 nitrogen and oxygen atoms in total. The third-order valence-electron chi connectivity index (χ3n) is 20.1. The zero-order valence-electron chi connectivity index (χ0n) is 69.2. The fourth-order valence-corrected chi connectivity index (χ4v) is 14.9. The molecule has 0 aromatic rings. The summed E-state index contributed by atoms with van der Waals surface area (Å²) in [6.07, 6.45) is 66.6. The molecule has 0 radical (unpaired) electrons. The Balaban J connectivity index is 5.26. The maximum absolute atomic E-state index is 13.1. The van der Waals surface area contributed by atoms with Crippen LogP contribution in [0, 0.1) is 17.8 Å². The lowest BCUT2D eigenvalue weighted by Gasteiger charge is -2.21. The smallest absolute Gasteiger partial charge is 0.462 e. The third kappa shape index (κ3) is 79.9. The monoisotopic (exact) mass is 1540 g/mol. The molecular weight excluding hydrogens is 1370 g/mol. The Bertz CT molecular complexity index is 2030. The minimum atomic E-state index is -4.97. The van der Waals surface area contributed by atoms with Gasteiger partial charge in [0.25, 0.3) is 0 Å². The van der Waals surface area contributed by atoms with Crippen LogP contribution in [0.5, 0.6) is 0 Å². The van der Waals surface area contributed by atoms with Gasteiger partial charge in [0.1, 0.15) is 19.3 Å². The number of ether oxygens (including phenoxy) is 4. The molecule has 19 heteroatoms. The predicted octanol–water partition coefficient (Wildman–Crippen LogP) is 26.1. The summed E-state index contributed by atoms with van der Waals surface area (Å²) in [5, 5.41) is 10.7. The second kappa shape index (κ2) is 76.1. The maximum atomic E-state index is 13.1. The first-order chi connectivity index (χ1) is 50.7. The molecule has 3 N–H and O–H groups in total. The average molecular weight is 1540 g/mol. The standard InChI is InChI=1S/C86H168O17P2/c1-8-9-10-11-12-13-14-15-16-17-18-22-27-32-39-46-53-60-67-83(88)96-73-81(102-85(90)69-62-55-48-40-33-28-23-20-19-21-25-30-36-43-50-57-64-77(2)3)75-100-104(92,93)98-71-80(87)72-99-105(94,95)101-76-82(74-97-84(89)68-61-54-47-42-35-38-45-52-59-66-79(6)7)103-86(91)70-63-56-49-41-34-29-24-26-31-37-44-51-58-65-78(4)5/h77-82,87H,8-76H2,1-7H3,(H,92,93)(H,94,95)/t80-,81-,82-/m1/s1. The van der Waals surface area contributed by atoms with Crippen molar-refractivity contribution in [1.29, 1.82) is 0 Å². The Hall–Kier alpha value is -1.94. The molecule has 0 rings (SSSR count). The van der Waals surface area contributed by atoms with Gasteiger partial charge in [0, 0.05) is 25.7 Å². The van der Waals surface area contributed by atoms with E-state index >= 15 is 0 Å². The first kappa shape index (κ1) is 103. The number of hydrogen-bond donors (Lipinski definition) is 3. The zero-order chi connectivity index (χ0) is 77.2. The summed E-state index contributed by atoms with van der Waals surface area (Å²) < 4.78 is 68.9. The minimum Gasteiger partial charge on any atom is -0.462 e. The van der Waals surface area contributed by atoms with Gasteiger partial charge in [0.05, 0.1) is 26.4 Å². The van der Waals surface area contributed by atoms with Gasteiger partial charge >= 0.3 is 39.5 Å². The number of phosphoric ester groups is 2. The summed E-state index contributed by atoms with van der Waals surface area (Å²) in [6, 6.07) is 0. The molecule has 624 valence electrons. The van der Waals surface area contributed by atoms with Crippen molar-refractivity contribution < 1.29 is 80.2 Å². The lowest BCUT2D eigenvalue weighted by molar-refractivity contribution is -0.161. The Morgan fingerprint density at radius 1 is 0.257 bits per heavy atom. The Morgan fingerprint density at radius 2 is 0.438 bits per heavy atom. The van der Waals surface area contributed by atoms with Crippen molar-refractivity contribution in [2.75, 3.05) is 39.6 Å². The molecule has 0 spiro atoms. The first-order valence-corrected chi connectivity index (χ1v) is 47.3. The van der Waals surface area contributed by atoms with E-state index in [4.69, 9.17) is 37.0 Å². The van der Waals surface area contributed by atoms with Crippen LogP contribution in [0.4, 0.5) is 0 Å². The molecule has 105 heavy (non-hydrogen) atoms. The molecule has 0 amide bonds. The number of carbonyl (C=O) groups is 4. The molecule has 0 saturated carbocycles. The molecule has 0 heterocycles. The SMILES string of the molecule is CCCCCCCCCCCCCCCCCCCCC(=O)OC[C@H](COP(=O)(O)OC[C@@H](O)COP(=O)(O)OC[C@@H](COC(=O)CCCCCCCCCCCC(C)C)OC(=O)CCCCCCCCCCCCCCCC(C)C)OC(=O)CCCCCCCCCCCCCCCCCCC(C)C. The summed E-state index contributed by atoms with van der Waals surface area (Å²) in [5.41, 5.74) is 0. The van der Waals surface area contributed by atoms with Crippen LogP contribution in [-0.2, 0) is 65.4 Å². The van der Waals surface area contributed by atoms with Gasteiger partial charge in [-0.15, -0.1) is 0 Å². The predicted molar refractivity (Wildman–Crippen MR) is 432 cm³/mol. The number of phosphoric acid groups is 2. The van der Waals surface area contributed by atoms with Crippen LogP contribution >= 0.6 is 15.6 Å². The number of esters is 4. The summed E-state index contributed by atoms with van der Waals surface area (Å²) in [5.74, 6) is 0.236. The molecule has 0 aliphatic carbocycles. The second-order valence-electron chi connectivity index (χ2n) is 32.4. The number of aliphatic hydroxyl groups excluding tert-OH is 1. The normalized spacial score (nSPS) is 13.9. The van der Waals surface area contributed by atoms with E-state index in [0.29, 0.717) is 25.7 Å². The van der Waals surface area contributed by atoms with E-state index < -0.39 is 97.5 Å². The Kier molecular flexibility index (Phi) is 74.7. The van der Waals surface area contributed by atoms with Gasteiger partial charge in [-0.05, 0) is 43.4 Å². The molecule has 5 atom stereocenters. The van der Waals surface area contributed by atoms with Crippen molar-refractivity contribution in [3.8, 4) is 0 Å². The number of rotatable bonds is 84. The lowest BCUT2D eigenvalue weighted by Crippen LogP contribution is -2.30. The van der Waals surface area contributed by atoms with Crippen molar-refractivity contribution in [3.05, 3.63) is 0 Å². The highest BCUT2D eigenvalue weighted by molar-refractivity contribution is 7.47. The number of aliphatic hydroxyl groups is 1. The van der Waals surface area contributed by atoms with E-state index in [1.54, 1.807) is 0 Å². The van der Waals surface area contributed by atoms with Crippen molar-refractivity contribution in [2.45, 2.75) is 471 Å². The summed E-state index contributed by atoms with van der Waals surface area (Å²) in [4.78, 5) is 73.3. The summed E-state index contributed by atoms with van der Waals surface area (Å²) in [7, 11) is -9.93. The Morgan fingerprint density at radius 3 is 0.648 bits per heavy atom. The van der Waals surface area contributed by atoms with Crippen LogP contribution in [0.3, 0.4) is 0 Å². The van der Waals surface area contributed by atoms with E-state index in [2.05, 4.69) is 48.5 Å². The molecular formula is C86H168O17P2. The highest BCUT2D eigenvalue weighted by atomic mass is 31.2. The van der Waals surface area contributed by atoms with Crippen molar-refractivity contribution in [2.24, 2.45) is 17.8 Å². The third-order valence-corrected chi connectivity index (χ3v) is 22.0. The molecule has 0 aromatic heterocycles. The van der Waals surface area contributed by atoms with E-state index in [1.165, 1.54) is 263 Å². The van der Waals surface area contributed by atoms with Gasteiger partial charge in [-0.2, -0.15) is 0 Å². The van der Waals surface area contributed by atoms with E-state index in [-0.39, 0.29) is 25.7 Å². The van der Waals surface area contributed by atoms with Crippen LogP contribution in [-0.4, -0.2) is 96.7 Å². The maximum Gasteiger partial charge on any atom is 0.472 e. The highest BCUT2D eigenvalue weighted by Gasteiger charge is 2.30. The molecule has 0 aliphatic rings. The van der Waals surface area contributed by atoms with Crippen LogP contribution in [0.15, 0.2) is 0 Å². The van der Waals surface area contributed by atoms with Crippen LogP contribution in [0.2, 0.25) is 0 Å². The highest BCUT2D eigenvalue weighted by Crippen LogP contribution is 2.45. The lowest BCUT2D eigenvalue weighted by atomic mass is 10.0. The first-order valence-electron chi connectivity index (χ1n) is 44.3. The molecule has 2 unspecified atom stereocenters. The molecule has 0 fully saturated rings. The van der Waals surface area contributed by atoms with E-state index in [9.17, 15) is 43.2 Å². The molecule has 0 bridgehead atoms. The number of unbranched alkanes of at least 4 members (excludes halogenated alkanes) is 52. The minimum absolute atomic E-state index is 0.107. The van der Waals surface area contributed by atoms with Crippen molar-refractivity contribution in [3.63, 3.8) is 0 Å². The molecule has 0 aromatic carbocycles. The van der Waals surface area contributed by atoms with Gasteiger partial charge < -0.3 is 33.8 Å². The fraction of sp³-hybridized carbons (Fsp3) is 0.953. The van der Waals surface area contributed by atoms with Crippen LogP contribution in [0.1, 0.15) is 453 Å². The molecule has 0 aliphatic heterocycles. The topological polar surface area (TPSA) is 237 Å². The largest absolute Gasteiger partial charge is 0.472 e.